The number of amides is 2. The summed E-state index contributed by atoms with van der Waals surface area (Å²) in [7, 11) is 0. The van der Waals surface area contributed by atoms with Gasteiger partial charge in [0.15, 0.2) is 5.16 Å². The maximum Gasteiger partial charge on any atom is 0.251 e. The summed E-state index contributed by atoms with van der Waals surface area (Å²) in [5, 5.41) is 14.1. The van der Waals surface area contributed by atoms with Crippen LogP contribution in [0.2, 0.25) is 0 Å². The first-order chi connectivity index (χ1) is 11.5. The van der Waals surface area contributed by atoms with Gasteiger partial charge in [-0.25, -0.2) is 0 Å². The topological polar surface area (TPSA) is 88.9 Å². The van der Waals surface area contributed by atoms with Crippen LogP contribution in [0, 0.1) is 0 Å². The zero-order valence-corrected chi connectivity index (χ0v) is 14.8. The molecule has 0 radical (unpaired) electrons. The summed E-state index contributed by atoms with van der Waals surface area (Å²) in [4.78, 5) is 23.9. The second-order valence-electron chi connectivity index (χ2n) is 5.39. The Morgan fingerprint density at radius 1 is 1.33 bits per heavy atom. The third-order valence-electron chi connectivity index (χ3n) is 3.17. The van der Waals surface area contributed by atoms with Crippen molar-refractivity contribution < 1.29 is 9.59 Å². The lowest BCUT2D eigenvalue weighted by molar-refractivity contribution is -0.113. The molecule has 1 aromatic heterocycles. The van der Waals surface area contributed by atoms with E-state index in [4.69, 9.17) is 0 Å². The van der Waals surface area contributed by atoms with E-state index in [0.717, 1.165) is 0 Å². The molecule has 2 amide bonds. The molecule has 0 fully saturated rings. The molecule has 1 aromatic carbocycles. The van der Waals surface area contributed by atoms with Crippen molar-refractivity contribution in [3.8, 4) is 0 Å². The molecule has 24 heavy (non-hydrogen) atoms. The highest BCUT2D eigenvalue weighted by Crippen LogP contribution is 2.19. The first kappa shape index (κ1) is 18.0. The molecule has 7 nitrogen and oxygen atoms in total. The largest absolute Gasteiger partial charge is 0.352 e. The fraction of sp³-hybridized carbons (Fsp3) is 0.375. The van der Waals surface area contributed by atoms with Crippen LogP contribution in [0.15, 0.2) is 35.7 Å². The molecule has 2 rings (SSSR count). The summed E-state index contributed by atoms with van der Waals surface area (Å²) < 4.78 is 1.91. The number of carbonyl (C=O) groups excluding carboxylic acids is 2. The highest BCUT2D eigenvalue weighted by molar-refractivity contribution is 7.99. The Morgan fingerprint density at radius 3 is 2.83 bits per heavy atom. The highest BCUT2D eigenvalue weighted by Gasteiger charge is 2.11. The predicted octanol–water partition coefficient (Wildman–Crippen LogP) is 2.34. The van der Waals surface area contributed by atoms with E-state index < -0.39 is 0 Å². The van der Waals surface area contributed by atoms with Gasteiger partial charge in [0.05, 0.1) is 5.75 Å². The Hall–Kier alpha value is -2.35. The number of benzene rings is 1. The Balaban J connectivity index is 1.94. The van der Waals surface area contributed by atoms with Crippen LogP contribution in [0.25, 0.3) is 0 Å². The molecular weight excluding hydrogens is 326 g/mol. The summed E-state index contributed by atoms with van der Waals surface area (Å²) in [5.74, 6) is -0.101. The smallest absolute Gasteiger partial charge is 0.251 e. The molecule has 0 atom stereocenters. The van der Waals surface area contributed by atoms with Gasteiger partial charge in [0.25, 0.3) is 5.91 Å². The molecule has 2 N–H and O–H groups in total. The molecule has 1 heterocycles. The molecule has 0 saturated heterocycles. The van der Waals surface area contributed by atoms with Crippen LogP contribution < -0.4 is 10.6 Å². The minimum Gasteiger partial charge on any atom is -0.352 e. The summed E-state index contributed by atoms with van der Waals surface area (Å²) >= 11 is 1.33. The van der Waals surface area contributed by atoms with Crippen molar-refractivity contribution in [2.24, 2.45) is 0 Å². The van der Waals surface area contributed by atoms with Gasteiger partial charge in [0, 0.05) is 23.8 Å². The molecule has 0 saturated carbocycles. The van der Waals surface area contributed by atoms with Crippen molar-refractivity contribution in [3.05, 3.63) is 36.2 Å². The third-order valence-corrected chi connectivity index (χ3v) is 4.13. The minimum atomic E-state index is -0.161. The number of hydrogen-bond donors (Lipinski definition) is 2. The standard InChI is InChI=1S/C16H21N5O2S/c1-4-17-15(23)12-6-5-7-13(8-12)19-14(22)9-24-16-20-18-10-21(16)11(2)3/h5-8,10-11H,4,9H2,1-3H3,(H,17,23)(H,19,22). The van der Waals surface area contributed by atoms with E-state index in [1.165, 1.54) is 11.8 Å². The molecule has 128 valence electrons. The van der Waals surface area contributed by atoms with Gasteiger partial charge < -0.3 is 15.2 Å². The van der Waals surface area contributed by atoms with Crippen LogP contribution in [-0.4, -0.2) is 38.9 Å². The third kappa shape index (κ3) is 4.82. The lowest BCUT2D eigenvalue weighted by atomic mass is 10.2. The van der Waals surface area contributed by atoms with Crippen LogP contribution >= 0.6 is 11.8 Å². The lowest BCUT2D eigenvalue weighted by Gasteiger charge is -2.10. The minimum absolute atomic E-state index is 0.159. The van der Waals surface area contributed by atoms with Crippen molar-refractivity contribution in [2.45, 2.75) is 32.0 Å². The van der Waals surface area contributed by atoms with Crippen LogP contribution in [0.1, 0.15) is 37.2 Å². The molecule has 0 aliphatic rings. The number of nitrogens with one attached hydrogen (secondary N) is 2. The summed E-state index contributed by atoms with van der Waals surface area (Å²) in [6.45, 7) is 6.47. The molecule has 0 aliphatic heterocycles. The van der Waals surface area contributed by atoms with Gasteiger partial charge in [-0.15, -0.1) is 10.2 Å². The quantitative estimate of drug-likeness (QED) is 0.751. The molecule has 2 aromatic rings. The van der Waals surface area contributed by atoms with Crippen LogP contribution in [0.5, 0.6) is 0 Å². The molecule has 8 heteroatoms. The molecule has 0 spiro atoms. The average Bonchev–Trinajstić information content (AvgIpc) is 3.02. The van der Waals surface area contributed by atoms with E-state index >= 15 is 0 Å². The Kier molecular flexibility index (Phi) is 6.36. The van der Waals surface area contributed by atoms with Gasteiger partial charge in [-0.1, -0.05) is 17.8 Å². The van der Waals surface area contributed by atoms with Gasteiger partial charge in [0.1, 0.15) is 6.33 Å². The number of thioether (sulfide) groups is 1. The predicted molar refractivity (Wildman–Crippen MR) is 94.2 cm³/mol. The second kappa shape index (κ2) is 8.49. The van der Waals surface area contributed by atoms with Gasteiger partial charge in [-0.05, 0) is 39.0 Å². The number of rotatable bonds is 7. The van der Waals surface area contributed by atoms with Crippen molar-refractivity contribution >= 4 is 29.3 Å². The maximum atomic E-state index is 12.1. The first-order valence-electron chi connectivity index (χ1n) is 7.71. The maximum absolute atomic E-state index is 12.1. The average molecular weight is 347 g/mol. The summed E-state index contributed by atoms with van der Waals surface area (Å²) in [6, 6.07) is 7.09. The zero-order chi connectivity index (χ0) is 17.5. The van der Waals surface area contributed by atoms with Gasteiger partial charge in [-0.3, -0.25) is 9.59 Å². The van der Waals surface area contributed by atoms with E-state index in [9.17, 15) is 9.59 Å². The van der Waals surface area contributed by atoms with E-state index in [2.05, 4.69) is 20.8 Å². The van der Waals surface area contributed by atoms with Crippen molar-refractivity contribution in [2.75, 3.05) is 17.6 Å². The SMILES string of the molecule is CCNC(=O)c1cccc(NC(=O)CSc2nncn2C(C)C)c1. The number of anilines is 1. The number of hydrogen-bond acceptors (Lipinski definition) is 5. The van der Waals surface area contributed by atoms with Crippen LogP contribution in [-0.2, 0) is 4.79 Å². The van der Waals surface area contributed by atoms with E-state index in [1.807, 2.05) is 25.3 Å². The van der Waals surface area contributed by atoms with Crippen LogP contribution in [0.3, 0.4) is 0 Å². The fourth-order valence-electron chi connectivity index (χ4n) is 2.02. The van der Waals surface area contributed by atoms with E-state index in [-0.39, 0.29) is 23.6 Å². The molecule has 0 unspecified atom stereocenters. The molecular formula is C16H21N5O2S. The molecule has 0 bridgehead atoms. The van der Waals surface area contributed by atoms with Crippen LogP contribution in [0.4, 0.5) is 5.69 Å². The van der Waals surface area contributed by atoms with Gasteiger partial charge in [0.2, 0.25) is 5.91 Å². The van der Waals surface area contributed by atoms with E-state index in [1.54, 1.807) is 30.6 Å². The fourth-order valence-corrected chi connectivity index (χ4v) is 2.86. The Labute approximate surface area is 145 Å². The van der Waals surface area contributed by atoms with Crippen molar-refractivity contribution in [1.29, 1.82) is 0 Å². The summed E-state index contributed by atoms with van der Waals surface area (Å²) in [5.41, 5.74) is 1.11. The number of nitrogens with zero attached hydrogens (tertiary/aromatic N) is 3. The molecule has 0 aliphatic carbocycles. The first-order valence-corrected chi connectivity index (χ1v) is 8.70. The Bertz CT molecular complexity index is 714. The summed E-state index contributed by atoms with van der Waals surface area (Å²) in [6.07, 6.45) is 1.65. The monoisotopic (exact) mass is 347 g/mol. The highest BCUT2D eigenvalue weighted by atomic mass is 32.2. The Morgan fingerprint density at radius 2 is 2.12 bits per heavy atom. The van der Waals surface area contributed by atoms with Crippen molar-refractivity contribution in [3.63, 3.8) is 0 Å². The van der Waals surface area contributed by atoms with Gasteiger partial charge >= 0.3 is 0 Å². The number of aromatic nitrogens is 3. The zero-order valence-electron chi connectivity index (χ0n) is 13.9. The second-order valence-corrected chi connectivity index (χ2v) is 6.33. The van der Waals surface area contributed by atoms with Crippen molar-refractivity contribution in [1.82, 2.24) is 20.1 Å². The lowest BCUT2D eigenvalue weighted by Crippen LogP contribution is -2.23. The normalized spacial score (nSPS) is 10.7. The van der Waals surface area contributed by atoms with E-state index in [0.29, 0.717) is 23.0 Å². The van der Waals surface area contributed by atoms with Gasteiger partial charge in [-0.2, -0.15) is 0 Å². The number of carbonyl (C=O) groups is 2.